The minimum atomic E-state index is -0.617. The average Bonchev–Trinajstić information content (AvgIpc) is 2.71. The second-order valence-electron chi connectivity index (χ2n) is 6.10. The van der Waals surface area contributed by atoms with E-state index in [1.165, 1.54) is 0 Å². The molecule has 6 nitrogen and oxygen atoms in total. The van der Waals surface area contributed by atoms with Gasteiger partial charge >= 0.3 is 0 Å². The highest BCUT2D eigenvalue weighted by atomic mass is 16.5. The number of hydrogen-bond donors (Lipinski definition) is 0. The Balaban J connectivity index is 1.91. The third kappa shape index (κ3) is 5.38. The highest BCUT2D eigenvalue weighted by Gasteiger charge is 2.19. The van der Waals surface area contributed by atoms with Crippen molar-refractivity contribution >= 4 is 5.91 Å². The number of hydrogen-bond acceptors (Lipinski definition) is 5. The zero-order valence-electron chi connectivity index (χ0n) is 16.1. The van der Waals surface area contributed by atoms with Crippen molar-refractivity contribution in [3.63, 3.8) is 0 Å². The number of carbonyl (C=O) groups is 1. The lowest BCUT2D eigenvalue weighted by molar-refractivity contribution is -0.136. The smallest absolute Gasteiger partial charge is 0.263 e. The topological polar surface area (TPSA) is 71.8 Å². The number of carbonyl (C=O) groups excluding carboxylic acids is 1. The molecule has 1 amide bonds. The zero-order chi connectivity index (χ0) is 19.8. The van der Waals surface area contributed by atoms with Crippen molar-refractivity contribution in [3.8, 4) is 23.3 Å². The Kier molecular flexibility index (Phi) is 7.07. The van der Waals surface area contributed by atoms with Crippen LogP contribution in [-0.4, -0.2) is 44.7 Å². The second kappa shape index (κ2) is 9.48. The van der Waals surface area contributed by atoms with Crippen LogP contribution in [0.1, 0.15) is 18.1 Å². The van der Waals surface area contributed by atoms with Gasteiger partial charge in [0.15, 0.2) is 17.6 Å². The van der Waals surface area contributed by atoms with Crippen molar-refractivity contribution in [1.82, 2.24) is 4.90 Å². The number of benzene rings is 2. The Hall–Kier alpha value is -3.20. The van der Waals surface area contributed by atoms with Gasteiger partial charge in [-0.15, -0.1) is 0 Å². The third-order valence-corrected chi connectivity index (χ3v) is 4.20. The molecule has 0 fully saturated rings. The fourth-order valence-corrected chi connectivity index (χ4v) is 2.62. The van der Waals surface area contributed by atoms with Crippen LogP contribution in [0.4, 0.5) is 0 Å². The van der Waals surface area contributed by atoms with E-state index in [0.29, 0.717) is 35.8 Å². The second-order valence-corrected chi connectivity index (χ2v) is 6.10. The van der Waals surface area contributed by atoms with E-state index in [0.717, 1.165) is 5.56 Å². The van der Waals surface area contributed by atoms with E-state index in [1.807, 2.05) is 24.3 Å². The number of ether oxygens (including phenoxy) is 3. The predicted molar refractivity (Wildman–Crippen MR) is 102 cm³/mol. The van der Waals surface area contributed by atoms with Crippen LogP contribution in [0.5, 0.6) is 17.2 Å². The molecule has 142 valence electrons. The SMILES string of the molecule is COc1ccc(CCN(C)C(=O)C(C)Oc2ccc(C#N)cc2)cc1OC. The van der Waals surface area contributed by atoms with Crippen molar-refractivity contribution in [2.45, 2.75) is 19.4 Å². The van der Waals surface area contributed by atoms with Gasteiger partial charge in [-0.2, -0.15) is 5.26 Å². The van der Waals surface area contributed by atoms with Crippen LogP contribution in [-0.2, 0) is 11.2 Å². The van der Waals surface area contributed by atoms with Gasteiger partial charge in [0.25, 0.3) is 5.91 Å². The standard InChI is InChI=1S/C21H24N2O4/c1-15(27-18-8-5-17(14-22)6-9-18)21(24)23(2)12-11-16-7-10-19(25-3)20(13-16)26-4/h5-10,13,15H,11-12H2,1-4H3. The van der Waals surface area contributed by atoms with Crippen molar-refractivity contribution < 1.29 is 19.0 Å². The summed E-state index contributed by atoms with van der Waals surface area (Å²) in [5, 5.41) is 8.82. The molecule has 2 aromatic rings. The minimum absolute atomic E-state index is 0.111. The highest BCUT2D eigenvalue weighted by Crippen LogP contribution is 2.27. The maximum atomic E-state index is 12.5. The van der Waals surface area contributed by atoms with Gasteiger partial charge in [-0.1, -0.05) is 6.07 Å². The normalized spacial score (nSPS) is 11.2. The number of nitrogens with zero attached hydrogens (tertiary/aromatic N) is 2. The lowest BCUT2D eigenvalue weighted by atomic mass is 10.1. The first-order chi connectivity index (χ1) is 13.0. The van der Waals surface area contributed by atoms with Crippen molar-refractivity contribution in [2.24, 2.45) is 0 Å². The maximum absolute atomic E-state index is 12.5. The van der Waals surface area contributed by atoms with Crippen LogP contribution in [0.2, 0.25) is 0 Å². The molecular weight excluding hydrogens is 344 g/mol. The van der Waals surface area contributed by atoms with Crippen LogP contribution in [0.25, 0.3) is 0 Å². The molecule has 2 aromatic carbocycles. The molecule has 6 heteroatoms. The minimum Gasteiger partial charge on any atom is -0.493 e. The average molecular weight is 368 g/mol. The monoisotopic (exact) mass is 368 g/mol. The Morgan fingerprint density at radius 1 is 1.11 bits per heavy atom. The van der Waals surface area contributed by atoms with E-state index in [9.17, 15) is 4.79 Å². The van der Waals surface area contributed by atoms with E-state index in [-0.39, 0.29) is 5.91 Å². The molecule has 2 rings (SSSR count). The van der Waals surface area contributed by atoms with E-state index < -0.39 is 6.10 Å². The molecule has 27 heavy (non-hydrogen) atoms. The molecular formula is C21H24N2O4. The summed E-state index contributed by atoms with van der Waals surface area (Å²) in [6, 6.07) is 14.5. The Morgan fingerprint density at radius 2 is 1.78 bits per heavy atom. The van der Waals surface area contributed by atoms with Crippen molar-refractivity contribution in [2.75, 3.05) is 27.8 Å². The van der Waals surface area contributed by atoms with Crippen LogP contribution in [0, 0.1) is 11.3 Å². The first-order valence-electron chi connectivity index (χ1n) is 8.61. The summed E-state index contributed by atoms with van der Waals surface area (Å²) in [7, 11) is 4.94. The summed E-state index contributed by atoms with van der Waals surface area (Å²) in [5.74, 6) is 1.79. The molecule has 0 bridgehead atoms. The molecule has 1 unspecified atom stereocenters. The number of rotatable bonds is 8. The molecule has 0 aliphatic heterocycles. The largest absolute Gasteiger partial charge is 0.493 e. The zero-order valence-corrected chi connectivity index (χ0v) is 16.1. The molecule has 1 atom stereocenters. The van der Waals surface area contributed by atoms with E-state index in [4.69, 9.17) is 19.5 Å². The molecule has 0 N–H and O–H groups in total. The van der Waals surface area contributed by atoms with Crippen molar-refractivity contribution in [1.29, 1.82) is 5.26 Å². The number of nitriles is 1. The maximum Gasteiger partial charge on any atom is 0.263 e. The van der Waals surface area contributed by atoms with E-state index in [2.05, 4.69) is 0 Å². The molecule has 0 heterocycles. The van der Waals surface area contributed by atoms with Gasteiger partial charge in [-0.25, -0.2) is 0 Å². The first-order valence-corrected chi connectivity index (χ1v) is 8.61. The van der Waals surface area contributed by atoms with Crippen molar-refractivity contribution in [3.05, 3.63) is 53.6 Å². The Bertz CT molecular complexity index is 812. The van der Waals surface area contributed by atoms with E-state index >= 15 is 0 Å². The van der Waals surface area contributed by atoms with Gasteiger partial charge in [0.05, 0.1) is 25.9 Å². The van der Waals surface area contributed by atoms with Crippen LogP contribution in [0.15, 0.2) is 42.5 Å². The van der Waals surface area contributed by atoms with Crippen LogP contribution < -0.4 is 14.2 Å². The summed E-state index contributed by atoms with van der Waals surface area (Å²) < 4.78 is 16.2. The summed E-state index contributed by atoms with van der Waals surface area (Å²) in [4.78, 5) is 14.2. The fourth-order valence-electron chi connectivity index (χ4n) is 2.62. The van der Waals surface area contributed by atoms with E-state index in [1.54, 1.807) is 57.4 Å². The van der Waals surface area contributed by atoms with Gasteiger partial charge in [-0.05, 0) is 55.3 Å². The molecule has 0 aliphatic rings. The number of amides is 1. The van der Waals surface area contributed by atoms with Crippen LogP contribution in [0.3, 0.4) is 0 Å². The Labute approximate surface area is 159 Å². The quantitative estimate of drug-likeness (QED) is 0.716. The summed E-state index contributed by atoms with van der Waals surface area (Å²) in [6.45, 7) is 2.27. The lowest BCUT2D eigenvalue weighted by Crippen LogP contribution is -2.39. The summed E-state index contributed by atoms with van der Waals surface area (Å²) in [5.41, 5.74) is 1.60. The highest BCUT2D eigenvalue weighted by molar-refractivity contribution is 5.80. The van der Waals surface area contributed by atoms with Crippen LogP contribution >= 0.6 is 0 Å². The van der Waals surface area contributed by atoms with Gasteiger partial charge < -0.3 is 19.1 Å². The fraction of sp³-hybridized carbons (Fsp3) is 0.333. The molecule has 0 aromatic heterocycles. The molecule has 0 spiro atoms. The number of methoxy groups -OCH3 is 2. The molecule has 0 saturated carbocycles. The molecule has 0 radical (unpaired) electrons. The molecule has 0 aliphatic carbocycles. The van der Waals surface area contributed by atoms with Gasteiger partial charge in [0.1, 0.15) is 5.75 Å². The number of likely N-dealkylation sites (N-methyl/N-ethyl adjacent to an activating group) is 1. The predicted octanol–water partition coefficient (Wildman–Crippen LogP) is 3.04. The summed E-state index contributed by atoms with van der Waals surface area (Å²) in [6.07, 6.45) is 0.0694. The summed E-state index contributed by atoms with van der Waals surface area (Å²) >= 11 is 0. The lowest BCUT2D eigenvalue weighted by Gasteiger charge is -2.22. The van der Waals surface area contributed by atoms with Gasteiger partial charge in [-0.3, -0.25) is 4.79 Å². The third-order valence-electron chi connectivity index (χ3n) is 4.20. The van der Waals surface area contributed by atoms with Gasteiger partial charge in [0.2, 0.25) is 0 Å². The first kappa shape index (κ1) is 20.1. The molecule has 0 saturated heterocycles. The van der Waals surface area contributed by atoms with Gasteiger partial charge in [0, 0.05) is 13.6 Å². The Morgan fingerprint density at radius 3 is 2.37 bits per heavy atom.